The van der Waals surface area contributed by atoms with Gasteiger partial charge in [-0.25, -0.2) is 19.2 Å². The molecule has 0 radical (unpaired) electrons. The molecule has 10 heterocycles. The fourth-order valence-electron chi connectivity index (χ4n) is 13.6. The van der Waals surface area contributed by atoms with E-state index in [9.17, 15) is 118 Å². The van der Waals surface area contributed by atoms with Gasteiger partial charge in [0.2, 0.25) is 5.78 Å². The summed E-state index contributed by atoms with van der Waals surface area (Å²) < 4.78 is 37.0. The molecule has 0 saturated carbocycles. The average Bonchev–Trinajstić information content (AvgIpc) is 1.46. The number of ketones is 4. The number of H-pyrrole nitrogens is 4. The maximum atomic E-state index is 12.2. The molecule has 714 valence electrons. The number of hydrogen-bond acceptors (Lipinski definition) is 32. The predicted molar refractivity (Wildman–Crippen MR) is 498 cm³/mol. The van der Waals surface area contributed by atoms with Crippen LogP contribution in [0.3, 0.4) is 0 Å². The van der Waals surface area contributed by atoms with Gasteiger partial charge in [0.05, 0.1) is 53.6 Å². The molecule has 4 aromatic heterocycles. The van der Waals surface area contributed by atoms with Crippen LogP contribution >= 0.6 is 34.4 Å². The fourth-order valence-corrected chi connectivity index (χ4v) is 18.3. The first-order valence-corrected chi connectivity index (χ1v) is 55.9. The van der Waals surface area contributed by atoms with Crippen LogP contribution in [0.15, 0.2) is 99.5 Å². The Balaban J connectivity index is 0.000000247. The Hall–Kier alpha value is -8.04. The van der Waals surface area contributed by atoms with Gasteiger partial charge >= 0.3 is 28.7 Å². The molecule has 0 aromatic carbocycles. The normalized spacial score (nSPS) is 27.2. The van der Waals surface area contributed by atoms with Gasteiger partial charge in [-0.05, 0) is 162 Å². The monoisotopic (exact) mass is 1900 g/mol. The van der Waals surface area contributed by atoms with Crippen molar-refractivity contribution in [3.8, 4) is 0 Å². The second-order valence-electron chi connectivity index (χ2n) is 35.6. The van der Waals surface area contributed by atoms with Gasteiger partial charge in [0.15, 0.2) is 49.3 Å². The molecule has 46 heteroatoms. The first-order chi connectivity index (χ1) is 59.0. The number of Topliss-reactive ketones (excluding diaryl/α,β-unsaturated/α-hetero) is 3. The minimum atomic E-state index is -1.43. The molecule has 4 aromatic rings. The second kappa shape index (κ2) is 45.9. The number of carbonyl (C=O) groups is 6. The van der Waals surface area contributed by atoms with Crippen molar-refractivity contribution in [3.05, 3.63) is 167 Å². The van der Waals surface area contributed by atoms with Gasteiger partial charge in [0.25, 0.3) is 28.1 Å². The molecule has 10 rings (SSSR count). The molecule has 17 N–H and O–H groups in total. The molecule has 0 aliphatic carbocycles. The summed E-state index contributed by atoms with van der Waals surface area (Å²) in [4.78, 5) is 175. The maximum Gasteiger partial charge on any atom is 0.330 e. The van der Waals surface area contributed by atoms with Crippen LogP contribution in [0.2, 0.25) is 0 Å². The highest BCUT2D eigenvalue weighted by atomic mass is 31.2. The van der Waals surface area contributed by atoms with Gasteiger partial charge in [-0.1, -0.05) is 18.7 Å². The standard InChI is InChI=1S/C17H25N2O8P.C17H25N2O7P.C17H25N2O6P.C16H26N3O5P.C15H25N2O4P/c1-9(20)26-8-11(21)10-7-19(17(25)18-15(10)24)16-14(23)13(22)12(27-16)5-6-28(2,3)4;1-9(20)7-11(21)10-8-19(17(25)18-15(10)24)16-14(23)13(22)12(26-16)5-6-27(2,3)4;1-10(20)5-6-11-9-19(17(24)18-15(11)23)16-14(22)13(21)12(25-16)7-8-26(2,3)4;1-25(2,3)8-6-11-12(20)13(21)15(24-11)19-9-10(5-4-7-17)14(22)18-16(19)23;1-9-8-17(10(2)16-14(9)20)15-13(19)12(18)11(21-15)6-7-22(3,4)5/h7,12-14,16,22-23H,2,5-6,8H2,1,3-4H3,(H,18,24,25);8,12-14,16,22-23H,2,5-7H2,1,3-4H3,(H,18,24,25);5-6,9,12-14,16,21-22H,2,7-8H2,1,3-4H3,(H,18,23,24);4-5,9,11-13,15,20-21H,1,6-8,17H2,2-3H3,(H,18,22,23);8,11-13,15,18-19H,2-3,6-7H2,1,4-5H3,(H,16,20)/b;;6-5+;5-4+;/t3*12-,13-,14-,16-;11-,12-,13-,15-;11-,12-,13-,15?/m11111/s1. The Morgan fingerprint density at radius 1 is 0.438 bits per heavy atom. The first kappa shape index (κ1) is 109. The van der Waals surface area contributed by atoms with Crippen LogP contribution in [-0.2, 0) is 47.6 Å². The number of allylic oxidation sites excluding steroid dienone is 1. The lowest BCUT2D eigenvalue weighted by Gasteiger charge is -2.34. The third kappa shape index (κ3) is 31.1. The summed E-state index contributed by atoms with van der Waals surface area (Å²) in [7, 11) is 0. The highest BCUT2D eigenvalue weighted by Gasteiger charge is 2.50. The average molecular weight is 1900 g/mol. The van der Waals surface area contributed by atoms with Crippen molar-refractivity contribution < 1.29 is 108 Å². The zero-order valence-corrected chi connectivity index (χ0v) is 78.8. The van der Waals surface area contributed by atoms with Crippen LogP contribution in [0.1, 0.15) is 123 Å². The first-order valence-electron chi connectivity index (χ1n) is 40.6. The van der Waals surface area contributed by atoms with Gasteiger partial charge in [0, 0.05) is 50.0 Å². The number of esters is 1. The summed E-state index contributed by atoms with van der Waals surface area (Å²) in [5, 5.41) is 105. The lowest BCUT2D eigenvalue weighted by Crippen LogP contribution is -2.47. The minimum Gasteiger partial charge on any atom is -0.457 e. The summed E-state index contributed by atoms with van der Waals surface area (Å²) >= 11 is 0. The highest BCUT2D eigenvalue weighted by Crippen LogP contribution is 2.44. The zero-order valence-electron chi connectivity index (χ0n) is 74.4. The number of nitrogens with one attached hydrogen (secondary N) is 5. The van der Waals surface area contributed by atoms with Gasteiger partial charge in [-0.3, -0.25) is 86.1 Å². The highest BCUT2D eigenvalue weighted by molar-refractivity contribution is 7.73. The van der Waals surface area contributed by atoms with E-state index in [-0.39, 0.29) is 34.9 Å². The molecule has 5 saturated heterocycles. The number of hydrogen-bond donors (Lipinski definition) is 16. The molecular formula is C82H126N11O30P5. The van der Waals surface area contributed by atoms with Gasteiger partial charge < -0.3 is 95.4 Å². The third-order valence-electron chi connectivity index (χ3n) is 20.7. The van der Waals surface area contributed by atoms with Crippen LogP contribution in [0.25, 0.3) is 12.2 Å². The van der Waals surface area contributed by atoms with Crippen molar-refractivity contribution in [3.63, 3.8) is 0 Å². The van der Waals surface area contributed by atoms with Crippen molar-refractivity contribution in [1.29, 1.82) is 0 Å². The quantitative estimate of drug-likeness (QED) is 0.00869. The van der Waals surface area contributed by atoms with Crippen LogP contribution in [0.4, 0.5) is 0 Å². The SMILES string of the molecule is C=C1NC(=O)C(C)=CN1C1O[C@H](CCP(=C)(C)C)[C@@H](O)[C@H]1O.C=P(C)(C)CC[C@H]1O[C@@H](n2cc(/C=C/C(C)=O)c(=O)[nH]c2=O)[C@H](O)[C@@H]1O.C=P(C)(C)CC[C@H]1O[C@@H](n2cc(/C=C/CN)c(=O)[nH]c2=O)[C@H](O)[C@@H]1O.C=P(C)(C)CC[C@H]1O[C@@H](n2cc(C(=O)CC(C)=O)c(=O)[nH]c2=O)[C@H](O)[C@@H]1O.C=P(C)(C)CC[C@H]1O[C@@H](n2cc(C(=O)COC(C)=O)c(=O)[nH]c2=O)[C@H](O)[C@@H]1O. The molecule has 6 aliphatic heterocycles. The number of ether oxygens (including phenoxy) is 6. The number of carbonyl (C=O) groups excluding carboxylic acids is 6. The van der Waals surface area contributed by atoms with Gasteiger partial charge in [0.1, 0.15) is 78.2 Å². The molecule has 1 unspecified atom stereocenters. The molecule has 0 bridgehead atoms. The van der Waals surface area contributed by atoms with E-state index in [2.05, 4.69) is 98.1 Å². The predicted octanol–water partition coefficient (Wildman–Crippen LogP) is -2.16. The number of aliphatic hydroxyl groups is 10. The van der Waals surface area contributed by atoms with E-state index in [1.165, 1.54) is 44.5 Å². The largest absolute Gasteiger partial charge is 0.457 e. The smallest absolute Gasteiger partial charge is 0.330 e. The number of nitrogens with zero attached hydrogens (tertiary/aromatic N) is 5. The van der Waals surface area contributed by atoms with E-state index in [1.54, 1.807) is 24.1 Å². The summed E-state index contributed by atoms with van der Waals surface area (Å²) in [5.41, 5.74) is -1.03. The van der Waals surface area contributed by atoms with E-state index >= 15 is 0 Å². The Bertz CT molecular complexity index is 5570. The third-order valence-corrected chi connectivity index (χ3v) is 28.0. The Morgan fingerprint density at radius 2 is 0.727 bits per heavy atom. The Morgan fingerprint density at radius 3 is 1.02 bits per heavy atom. The number of amides is 1. The number of rotatable bonds is 30. The number of aliphatic hydroxyl groups excluding tert-OH is 10. The molecule has 20 atom stereocenters. The molecule has 5 fully saturated rings. The summed E-state index contributed by atoms with van der Waals surface area (Å²) in [6.07, 6.45) is 17.2. The maximum absolute atomic E-state index is 12.2. The van der Waals surface area contributed by atoms with Crippen LogP contribution in [0.5, 0.6) is 0 Å². The lowest BCUT2D eigenvalue weighted by atomic mass is 10.1. The summed E-state index contributed by atoms with van der Waals surface area (Å²) in [6.45, 7) is 22.7. The van der Waals surface area contributed by atoms with Gasteiger partial charge in [-0.15, -0.1) is 65.9 Å². The van der Waals surface area contributed by atoms with E-state index in [0.29, 0.717) is 49.7 Å². The van der Waals surface area contributed by atoms with Crippen molar-refractivity contribution in [1.82, 2.24) is 48.4 Å². The summed E-state index contributed by atoms with van der Waals surface area (Å²) in [5.74, 6) is -2.84. The summed E-state index contributed by atoms with van der Waals surface area (Å²) in [6, 6.07) is 0. The molecule has 41 nitrogen and oxygen atoms in total. The van der Waals surface area contributed by atoms with Crippen molar-refractivity contribution in [2.75, 3.05) is 111 Å². The molecule has 6 aliphatic rings. The number of nitrogens with two attached hydrogens (primary N) is 1. The van der Waals surface area contributed by atoms with E-state index in [1.807, 2.05) is 36.6 Å². The molecule has 128 heavy (non-hydrogen) atoms. The Labute approximate surface area is 738 Å². The molecule has 0 spiro atoms. The Kier molecular flexibility index (Phi) is 39.0. The van der Waals surface area contributed by atoms with E-state index in [0.717, 1.165) is 62.2 Å². The van der Waals surface area contributed by atoms with Crippen LogP contribution in [0, 0.1) is 0 Å². The zero-order chi connectivity index (χ0) is 96.8. The van der Waals surface area contributed by atoms with Crippen molar-refractivity contribution >= 4 is 113 Å². The topological polar surface area (TPSA) is 621 Å². The van der Waals surface area contributed by atoms with Crippen molar-refractivity contribution in [2.45, 2.75) is 189 Å². The lowest BCUT2D eigenvalue weighted by molar-refractivity contribution is -0.139. The minimum absolute atomic E-state index is 0.0679. The molecule has 1 amide bonds. The molecular weight excluding hydrogens is 1770 g/mol. The van der Waals surface area contributed by atoms with Crippen LogP contribution < -0.4 is 56.0 Å². The van der Waals surface area contributed by atoms with Crippen molar-refractivity contribution in [2.24, 2.45) is 5.73 Å². The van der Waals surface area contributed by atoms with Gasteiger partial charge in [-0.2, -0.15) is 0 Å². The van der Waals surface area contributed by atoms with E-state index < -0.39 is 244 Å². The van der Waals surface area contributed by atoms with Crippen LogP contribution in [-0.4, -0.2) is 369 Å². The number of aromatic nitrogens is 8. The number of aromatic amines is 4. The second-order valence-corrected chi connectivity index (χ2v) is 57.2. The van der Waals surface area contributed by atoms with E-state index in [4.69, 9.17) is 29.4 Å². The fraction of sp³-hybridized carbons (Fsp3) is 0.573.